The Kier molecular flexibility index (Phi) is 5.50. The predicted octanol–water partition coefficient (Wildman–Crippen LogP) is 5.26. The van der Waals surface area contributed by atoms with E-state index in [2.05, 4.69) is 31.9 Å². The molecule has 0 bridgehead atoms. The monoisotopic (exact) mass is 420 g/mol. The SMILES string of the molecule is COc1ccccc1SCC(=O)c1cc(Br)sc1Br. The van der Waals surface area contributed by atoms with Crippen LogP contribution in [0.4, 0.5) is 0 Å². The number of hydrogen-bond donors (Lipinski definition) is 0. The van der Waals surface area contributed by atoms with Crippen LogP contribution in [0.25, 0.3) is 0 Å². The zero-order valence-corrected chi connectivity index (χ0v) is 14.8. The van der Waals surface area contributed by atoms with Gasteiger partial charge in [-0.2, -0.15) is 0 Å². The second-order valence-electron chi connectivity index (χ2n) is 3.60. The van der Waals surface area contributed by atoms with E-state index in [0.717, 1.165) is 23.8 Å². The van der Waals surface area contributed by atoms with Gasteiger partial charge in [-0.25, -0.2) is 0 Å². The van der Waals surface area contributed by atoms with E-state index in [4.69, 9.17) is 4.74 Å². The van der Waals surface area contributed by atoms with Crippen molar-refractivity contribution in [1.29, 1.82) is 0 Å². The molecule has 1 aromatic carbocycles. The molecule has 0 radical (unpaired) electrons. The summed E-state index contributed by atoms with van der Waals surface area (Å²) >= 11 is 9.78. The van der Waals surface area contributed by atoms with E-state index < -0.39 is 0 Å². The maximum atomic E-state index is 12.1. The zero-order chi connectivity index (χ0) is 13.8. The van der Waals surface area contributed by atoms with Crippen LogP contribution in [0.5, 0.6) is 5.75 Å². The Labute approximate surface area is 136 Å². The lowest BCUT2D eigenvalue weighted by Gasteiger charge is -2.06. The number of carbonyl (C=O) groups excluding carboxylic acids is 1. The second-order valence-corrected chi connectivity index (χ2v) is 8.37. The third kappa shape index (κ3) is 3.84. The number of hydrogen-bond acceptors (Lipinski definition) is 4. The van der Waals surface area contributed by atoms with Gasteiger partial charge in [-0.3, -0.25) is 4.79 Å². The number of carbonyl (C=O) groups is 1. The van der Waals surface area contributed by atoms with Gasteiger partial charge in [0.25, 0.3) is 0 Å². The largest absolute Gasteiger partial charge is 0.496 e. The first-order valence-electron chi connectivity index (χ1n) is 5.35. The number of Topliss-reactive ketones (excluding diaryl/α,β-unsaturated/α-hetero) is 1. The average Bonchev–Trinajstić information content (AvgIpc) is 2.75. The molecule has 0 fully saturated rings. The molecule has 0 aliphatic heterocycles. The van der Waals surface area contributed by atoms with Crippen LogP contribution in [0, 0.1) is 0 Å². The van der Waals surface area contributed by atoms with Crippen molar-refractivity contribution in [2.24, 2.45) is 0 Å². The third-order valence-electron chi connectivity index (χ3n) is 2.38. The standard InChI is InChI=1S/C13H10Br2O2S2/c1-17-10-4-2-3-5-11(10)18-7-9(16)8-6-12(14)19-13(8)15/h2-6H,7H2,1H3. The van der Waals surface area contributed by atoms with Gasteiger partial charge in [-0.1, -0.05) is 12.1 Å². The molecule has 0 aliphatic rings. The van der Waals surface area contributed by atoms with Gasteiger partial charge in [0.1, 0.15) is 5.75 Å². The van der Waals surface area contributed by atoms with Gasteiger partial charge in [-0.05, 0) is 50.1 Å². The van der Waals surface area contributed by atoms with Crippen molar-refractivity contribution in [3.63, 3.8) is 0 Å². The molecule has 2 rings (SSSR count). The lowest BCUT2D eigenvalue weighted by atomic mass is 10.2. The fourth-order valence-electron chi connectivity index (χ4n) is 1.49. The van der Waals surface area contributed by atoms with Crippen molar-refractivity contribution in [1.82, 2.24) is 0 Å². The molecule has 6 heteroatoms. The summed E-state index contributed by atoms with van der Waals surface area (Å²) in [7, 11) is 1.63. The first-order chi connectivity index (χ1) is 9.11. The number of benzene rings is 1. The van der Waals surface area contributed by atoms with Gasteiger partial charge < -0.3 is 4.74 Å². The highest BCUT2D eigenvalue weighted by molar-refractivity contribution is 9.12. The van der Waals surface area contributed by atoms with Crippen molar-refractivity contribution >= 4 is 60.7 Å². The molecule has 1 heterocycles. The highest BCUT2D eigenvalue weighted by Crippen LogP contribution is 2.34. The van der Waals surface area contributed by atoms with Gasteiger partial charge in [0, 0.05) is 10.5 Å². The summed E-state index contributed by atoms with van der Waals surface area (Å²) in [5, 5.41) is 0. The van der Waals surface area contributed by atoms with Crippen LogP contribution in [0.15, 0.2) is 42.8 Å². The van der Waals surface area contributed by atoms with E-state index in [0.29, 0.717) is 5.75 Å². The normalized spacial score (nSPS) is 10.5. The van der Waals surface area contributed by atoms with Gasteiger partial charge in [-0.15, -0.1) is 23.1 Å². The molecule has 1 aromatic heterocycles. The summed E-state index contributed by atoms with van der Waals surface area (Å²) in [4.78, 5) is 13.1. The maximum Gasteiger partial charge on any atom is 0.175 e. The molecule has 0 saturated carbocycles. The molecule has 0 aliphatic carbocycles. The molecular weight excluding hydrogens is 412 g/mol. The minimum atomic E-state index is 0.102. The molecule has 2 aromatic rings. The minimum absolute atomic E-state index is 0.102. The highest BCUT2D eigenvalue weighted by atomic mass is 79.9. The van der Waals surface area contributed by atoms with Gasteiger partial charge >= 0.3 is 0 Å². The molecule has 0 unspecified atom stereocenters. The smallest absolute Gasteiger partial charge is 0.175 e. The summed E-state index contributed by atoms with van der Waals surface area (Å²) < 4.78 is 7.08. The first kappa shape index (κ1) is 15.1. The Bertz CT molecular complexity index is 596. The van der Waals surface area contributed by atoms with Crippen LogP contribution >= 0.6 is 55.0 Å². The van der Waals surface area contributed by atoms with Gasteiger partial charge in [0.15, 0.2) is 5.78 Å². The van der Waals surface area contributed by atoms with Crippen LogP contribution in [-0.4, -0.2) is 18.6 Å². The molecule has 19 heavy (non-hydrogen) atoms. The zero-order valence-electron chi connectivity index (χ0n) is 9.98. The number of thioether (sulfide) groups is 1. The van der Waals surface area contributed by atoms with Crippen molar-refractivity contribution in [3.8, 4) is 5.75 Å². The Hall–Kier alpha value is -0.300. The molecular formula is C13H10Br2O2S2. The number of ketones is 1. The Morgan fingerprint density at radius 2 is 2.11 bits per heavy atom. The lowest BCUT2D eigenvalue weighted by molar-refractivity contribution is 0.102. The summed E-state index contributed by atoms with van der Waals surface area (Å²) in [6.07, 6.45) is 0. The summed E-state index contributed by atoms with van der Waals surface area (Å²) in [6, 6.07) is 9.54. The van der Waals surface area contributed by atoms with Crippen molar-refractivity contribution in [2.75, 3.05) is 12.9 Å². The number of para-hydroxylation sites is 1. The molecule has 0 spiro atoms. The number of rotatable bonds is 5. The van der Waals surface area contributed by atoms with E-state index in [1.807, 2.05) is 30.3 Å². The number of halogens is 2. The fraction of sp³-hybridized carbons (Fsp3) is 0.154. The quantitative estimate of drug-likeness (QED) is 0.486. The summed E-state index contributed by atoms with van der Waals surface area (Å²) in [5.74, 6) is 1.29. The molecule has 0 N–H and O–H groups in total. The molecule has 0 amide bonds. The molecule has 100 valence electrons. The van der Waals surface area contributed by atoms with Crippen molar-refractivity contribution < 1.29 is 9.53 Å². The van der Waals surface area contributed by atoms with E-state index in [1.165, 1.54) is 23.1 Å². The van der Waals surface area contributed by atoms with E-state index >= 15 is 0 Å². The summed E-state index contributed by atoms with van der Waals surface area (Å²) in [5.41, 5.74) is 0.722. The third-order valence-corrected chi connectivity index (χ3v) is 5.78. The van der Waals surface area contributed by atoms with Crippen LogP contribution < -0.4 is 4.74 Å². The van der Waals surface area contributed by atoms with Crippen LogP contribution in [-0.2, 0) is 0 Å². The first-order valence-corrected chi connectivity index (χ1v) is 8.74. The topological polar surface area (TPSA) is 26.3 Å². The predicted molar refractivity (Wildman–Crippen MR) is 87.8 cm³/mol. The summed E-state index contributed by atoms with van der Waals surface area (Å²) in [6.45, 7) is 0. The Balaban J connectivity index is 2.06. The minimum Gasteiger partial charge on any atom is -0.496 e. The number of methoxy groups -OCH3 is 1. The van der Waals surface area contributed by atoms with E-state index in [-0.39, 0.29) is 5.78 Å². The molecule has 0 saturated heterocycles. The van der Waals surface area contributed by atoms with E-state index in [1.54, 1.807) is 7.11 Å². The number of thiophene rings is 1. The van der Waals surface area contributed by atoms with Crippen molar-refractivity contribution in [2.45, 2.75) is 4.90 Å². The van der Waals surface area contributed by atoms with Crippen LogP contribution in [0.1, 0.15) is 10.4 Å². The Morgan fingerprint density at radius 3 is 2.74 bits per heavy atom. The highest BCUT2D eigenvalue weighted by Gasteiger charge is 2.14. The van der Waals surface area contributed by atoms with Crippen LogP contribution in [0.3, 0.4) is 0 Å². The van der Waals surface area contributed by atoms with Gasteiger partial charge in [0.2, 0.25) is 0 Å². The van der Waals surface area contributed by atoms with Gasteiger partial charge in [0.05, 0.1) is 20.4 Å². The van der Waals surface area contributed by atoms with Crippen molar-refractivity contribution in [3.05, 3.63) is 43.5 Å². The maximum absolute atomic E-state index is 12.1. The lowest BCUT2D eigenvalue weighted by Crippen LogP contribution is -2.01. The number of ether oxygens (including phenoxy) is 1. The van der Waals surface area contributed by atoms with E-state index in [9.17, 15) is 4.79 Å². The second kappa shape index (κ2) is 6.92. The molecule has 0 atom stereocenters. The molecule has 2 nitrogen and oxygen atoms in total. The fourth-order valence-corrected chi connectivity index (χ4v) is 5.26. The Morgan fingerprint density at radius 1 is 1.37 bits per heavy atom. The van der Waals surface area contributed by atoms with Crippen LogP contribution in [0.2, 0.25) is 0 Å². The average molecular weight is 422 g/mol.